The van der Waals surface area contributed by atoms with E-state index < -0.39 is 0 Å². The molecule has 31 heavy (non-hydrogen) atoms. The molecule has 160 valence electrons. The number of aromatic nitrogens is 3. The Morgan fingerprint density at radius 2 is 1.87 bits per heavy atom. The van der Waals surface area contributed by atoms with Gasteiger partial charge in [0.25, 0.3) is 5.56 Å². The first-order valence-electron chi connectivity index (χ1n) is 10.7. The number of hydrogen-bond acceptors (Lipinski definition) is 5. The fourth-order valence-corrected chi connectivity index (χ4v) is 3.81. The maximum atomic E-state index is 12.7. The molecule has 3 aromatic rings. The number of nitrogens with zero attached hydrogens (tertiary/aromatic N) is 4. The lowest BCUT2D eigenvalue weighted by Gasteiger charge is -2.35. The predicted molar refractivity (Wildman–Crippen MR) is 121 cm³/mol. The van der Waals surface area contributed by atoms with Crippen molar-refractivity contribution in [1.29, 1.82) is 0 Å². The highest BCUT2D eigenvalue weighted by Gasteiger charge is 2.22. The number of aryl methyl sites for hydroxylation is 2. The van der Waals surface area contributed by atoms with Crippen molar-refractivity contribution in [2.24, 2.45) is 0 Å². The summed E-state index contributed by atoms with van der Waals surface area (Å²) in [5, 5.41) is 0. The third-order valence-corrected chi connectivity index (χ3v) is 5.74. The minimum Gasteiger partial charge on any atom is -0.353 e. The third kappa shape index (κ3) is 4.82. The van der Waals surface area contributed by atoms with E-state index in [1.54, 1.807) is 6.20 Å². The van der Waals surface area contributed by atoms with Crippen molar-refractivity contribution in [1.82, 2.24) is 19.9 Å². The van der Waals surface area contributed by atoms with Crippen molar-refractivity contribution in [3.63, 3.8) is 0 Å². The molecule has 1 aromatic carbocycles. The van der Waals surface area contributed by atoms with Crippen LogP contribution in [0.25, 0.3) is 11.4 Å². The van der Waals surface area contributed by atoms with Crippen molar-refractivity contribution in [3.8, 4) is 11.4 Å². The summed E-state index contributed by atoms with van der Waals surface area (Å²) in [5.74, 6) is 1.57. The summed E-state index contributed by atoms with van der Waals surface area (Å²) >= 11 is 0. The molecule has 2 aromatic heterocycles. The summed E-state index contributed by atoms with van der Waals surface area (Å²) < 4.78 is 0. The normalized spacial score (nSPS) is 14.0. The summed E-state index contributed by atoms with van der Waals surface area (Å²) in [5.41, 5.74) is 3.62. The Morgan fingerprint density at radius 3 is 2.55 bits per heavy atom. The van der Waals surface area contributed by atoms with Crippen LogP contribution >= 0.6 is 0 Å². The zero-order chi connectivity index (χ0) is 21.8. The molecule has 7 nitrogen and oxygen atoms in total. The number of rotatable bonds is 5. The van der Waals surface area contributed by atoms with Crippen molar-refractivity contribution in [2.75, 3.05) is 31.1 Å². The molecule has 1 amide bonds. The number of anilines is 1. The van der Waals surface area contributed by atoms with E-state index in [0.717, 1.165) is 41.3 Å². The van der Waals surface area contributed by atoms with Gasteiger partial charge in [0.1, 0.15) is 11.6 Å². The fraction of sp³-hybridized carbons (Fsp3) is 0.333. The van der Waals surface area contributed by atoms with Crippen molar-refractivity contribution >= 4 is 11.7 Å². The number of benzene rings is 1. The number of piperazine rings is 1. The van der Waals surface area contributed by atoms with E-state index in [9.17, 15) is 9.59 Å². The van der Waals surface area contributed by atoms with Crippen LogP contribution in [0.3, 0.4) is 0 Å². The highest BCUT2D eigenvalue weighted by atomic mass is 16.2. The number of carbonyl (C=O) groups is 1. The van der Waals surface area contributed by atoms with Crippen LogP contribution in [0.15, 0.2) is 53.5 Å². The maximum absolute atomic E-state index is 12.7. The smallest absolute Gasteiger partial charge is 0.251 e. The highest BCUT2D eigenvalue weighted by Crippen LogP contribution is 2.19. The maximum Gasteiger partial charge on any atom is 0.251 e. The average molecular weight is 418 g/mol. The zero-order valence-electron chi connectivity index (χ0n) is 18.0. The van der Waals surface area contributed by atoms with Crippen LogP contribution in [0.4, 0.5) is 5.82 Å². The molecule has 1 aliphatic heterocycles. The van der Waals surface area contributed by atoms with Gasteiger partial charge in [0.05, 0.1) is 6.42 Å². The van der Waals surface area contributed by atoms with Gasteiger partial charge in [0, 0.05) is 49.7 Å². The molecule has 1 fully saturated rings. The minimum absolute atomic E-state index is 0.155. The molecule has 0 saturated carbocycles. The van der Waals surface area contributed by atoms with Gasteiger partial charge in [-0.3, -0.25) is 9.59 Å². The average Bonchev–Trinajstić information content (AvgIpc) is 2.80. The lowest BCUT2D eigenvalue weighted by molar-refractivity contribution is -0.130. The molecular formula is C24H27N5O2. The zero-order valence-corrected chi connectivity index (χ0v) is 18.0. The summed E-state index contributed by atoms with van der Waals surface area (Å²) in [7, 11) is 0. The first-order valence-corrected chi connectivity index (χ1v) is 10.7. The summed E-state index contributed by atoms with van der Waals surface area (Å²) in [6.07, 6.45) is 2.89. The van der Waals surface area contributed by atoms with Crippen LogP contribution < -0.4 is 10.5 Å². The van der Waals surface area contributed by atoms with Crippen molar-refractivity contribution < 1.29 is 4.79 Å². The van der Waals surface area contributed by atoms with Crippen LogP contribution in [0, 0.1) is 6.92 Å². The standard InChI is InChI=1S/C24H27N5O2/c1-3-20-15-22(30)27-24(26-20)19-8-9-21(25-16-19)28-10-12-29(13-11-28)23(31)14-18-7-5-4-6-17(18)2/h4-9,15-16H,3,10-14H2,1-2H3,(H,26,27,30). The molecule has 0 spiro atoms. The van der Waals surface area contributed by atoms with Gasteiger partial charge in [0.2, 0.25) is 5.91 Å². The fourth-order valence-electron chi connectivity index (χ4n) is 3.81. The summed E-state index contributed by atoms with van der Waals surface area (Å²) in [6, 6.07) is 13.4. The topological polar surface area (TPSA) is 82.2 Å². The molecule has 3 heterocycles. The highest BCUT2D eigenvalue weighted by molar-refractivity contribution is 5.79. The van der Waals surface area contributed by atoms with Gasteiger partial charge in [-0.25, -0.2) is 9.97 Å². The molecule has 1 saturated heterocycles. The van der Waals surface area contributed by atoms with Gasteiger partial charge >= 0.3 is 0 Å². The van der Waals surface area contributed by atoms with E-state index in [1.807, 2.05) is 55.1 Å². The molecular weight excluding hydrogens is 390 g/mol. The Bertz CT molecular complexity index is 1120. The Morgan fingerprint density at radius 1 is 1.10 bits per heavy atom. The first-order chi connectivity index (χ1) is 15.0. The van der Waals surface area contributed by atoms with Crippen molar-refractivity contribution in [3.05, 3.63) is 75.8 Å². The van der Waals surface area contributed by atoms with E-state index in [1.165, 1.54) is 6.07 Å². The predicted octanol–water partition coefficient (Wildman–Crippen LogP) is 2.59. The minimum atomic E-state index is -0.155. The van der Waals surface area contributed by atoms with Gasteiger partial charge in [-0.1, -0.05) is 31.2 Å². The third-order valence-electron chi connectivity index (χ3n) is 5.74. The second kappa shape index (κ2) is 9.12. The summed E-state index contributed by atoms with van der Waals surface area (Å²) in [6.45, 7) is 6.86. The van der Waals surface area contributed by atoms with Crippen LogP contribution in [-0.2, 0) is 17.6 Å². The number of nitrogens with one attached hydrogen (secondary N) is 1. The van der Waals surface area contributed by atoms with E-state index in [4.69, 9.17) is 0 Å². The lowest BCUT2D eigenvalue weighted by atomic mass is 10.1. The molecule has 0 atom stereocenters. The number of H-pyrrole nitrogens is 1. The lowest BCUT2D eigenvalue weighted by Crippen LogP contribution is -2.49. The molecule has 1 N–H and O–H groups in total. The monoisotopic (exact) mass is 417 g/mol. The Labute approximate surface area is 181 Å². The van der Waals surface area contributed by atoms with E-state index >= 15 is 0 Å². The Kier molecular flexibility index (Phi) is 6.11. The number of carbonyl (C=O) groups excluding carboxylic acids is 1. The van der Waals surface area contributed by atoms with Crippen LogP contribution in [-0.4, -0.2) is 51.9 Å². The second-order valence-corrected chi connectivity index (χ2v) is 7.82. The van der Waals surface area contributed by atoms with Gasteiger partial charge in [-0.2, -0.15) is 0 Å². The SMILES string of the molecule is CCc1cc(=O)[nH]c(-c2ccc(N3CCN(C(=O)Cc4ccccc4C)CC3)nc2)n1. The van der Waals surface area contributed by atoms with Gasteiger partial charge < -0.3 is 14.8 Å². The molecule has 4 rings (SSSR count). The molecule has 0 unspecified atom stereocenters. The second-order valence-electron chi connectivity index (χ2n) is 7.82. The van der Waals surface area contributed by atoms with Gasteiger partial charge in [0.15, 0.2) is 0 Å². The van der Waals surface area contributed by atoms with Crippen LogP contribution in [0.5, 0.6) is 0 Å². The summed E-state index contributed by atoms with van der Waals surface area (Å²) in [4.78, 5) is 40.5. The molecule has 0 bridgehead atoms. The van der Waals surface area contributed by atoms with Crippen LogP contribution in [0.1, 0.15) is 23.7 Å². The Balaban J connectivity index is 1.38. The van der Waals surface area contributed by atoms with E-state index in [0.29, 0.717) is 31.8 Å². The Hall–Kier alpha value is -3.48. The van der Waals surface area contributed by atoms with Gasteiger partial charge in [-0.15, -0.1) is 0 Å². The van der Waals surface area contributed by atoms with Crippen molar-refractivity contribution in [2.45, 2.75) is 26.7 Å². The van der Waals surface area contributed by atoms with Gasteiger partial charge in [-0.05, 0) is 36.6 Å². The molecule has 7 heteroatoms. The molecule has 0 aliphatic carbocycles. The number of hydrogen-bond donors (Lipinski definition) is 1. The van der Waals surface area contributed by atoms with E-state index in [2.05, 4.69) is 19.9 Å². The number of aromatic amines is 1. The largest absolute Gasteiger partial charge is 0.353 e. The quantitative estimate of drug-likeness (QED) is 0.690. The van der Waals surface area contributed by atoms with E-state index in [-0.39, 0.29) is 11.5 Å². The van der Waals surface area contributed by atoms with Crippen LogP contribution in [0.2, 0.25) is 0 Å². The molecule has 0 radical (unpaired) electrons. The number of amides is 1. The molecule has 1 aliphatic rings. The first kappa shape index (κ1) is 20.8. The number of pyridine rings is 1.